The van der Waals surface area contributed by atoms with E-state index in [9.17, 15) is 16.8 Å². The van der Waals surface area contributed by atoms with Gasteiger partial charge in [-0.05, 0) is 12.1 Å². The van der Waals surface area contributed by atoms with Gasteiger partial charge in [0.25, 0.3) is 20.2 Å². The molecule has 2 N–H and O–H groups in total. The van der Waals surface area contributed by atoms with Crippen molar-refractivity contribution in [2.45, 2.75) is 9.79 Å². The first kappa shape index (κ1) is 14.6. The van der Waals surface area contributed by atoms with Gasteiger partial charge < -0.3 is 0 Å². The van der Waals surface area contributed by atoms with Gasteiger partial charge in [0.15, 0.2) is 0 Å². The fraction of sp³-hybridized carbons (Fsp3) is 0. The molecule has 1 rings (SSSR count). The van der Waals surface area contributed by atoms with E-state index >= 15 is 0 Å². The molecule has 0 amide bonds. The smallest absolute Gasteiger partial charge is 0.282 e. The average Bonchev–Trinajstić information content (AvgIpc) is 2.01. The van der Waals surface area contributed by atoms with Crippen molar-refractivity contribution in [3.8, 4) is 0 Å². The van der Waals surface area contributed by atoms with E-state index in [2.05, 4.69) is 0 Å². The molecule has 15 heavy (non-hydrogen) atoms. The second-order valence-corrected chi connectivity index (χ2v) is 5.18. The van der Waals surface area contributed by atoms with Crippen LogP contribution in [0.25, 0.3) is 0 Å². The molecule has 0 aliphatic heterocycles. The van der Waals surface area contributed by atoms with Crippen LogP contribution in [-0.2, 0) is 37.3 Å². The molecule has 0 aliphatic rings. The zero-order valence-corrected chi connectivity index (χ0v) is 9.74. The van der Waals surface area contributed by atoms with E-state index in [0.717, 1.165) is 12.1 Å². The summed E-state index contributed by atoms with van der Waals surface area (Å²) in [5, 5.41) is 0. The van der Waals surface area contributed by atoms with Crippen LogP contribution in [0.4, 0.5) is 0 Å². The molecule has 0 aliphatic carbocycles. The first-order valence-corrected chi connectivity index (χ1v) is 6.15. The molecule has 0 atom stereocenters. The normalized spacial score (nSPS) is 11.9. The molecule has 0 fully saturated rings. The Hall–Kier alpha value is -0.441. The van der Waals surface area contributed by atoms with E-state index in [0.29, 0.717) is 0 Å². The van der Waals surface area contributed by atoms with Crippen molar-refractivity contribution >= 4 is 20.2 Å². The molecule has 86 valence electrons. The average molecular weight is 294 g/mol. The number of hydrogen-bond donors (Lipinski definition) is 2. The van der Waals surface area contributed by atoms with Crippen molar-refractivity contribution in [1.82, 2.24) is 0 Å². The minimum atomic E-state index is -4.66. The second-order valence-electron chi connectivity index (χ2n) is 2.40. The van der Waals surface area contributed by atoms with Crippen molar-refractivity contribution in [3.05, 3.63) is 24.3 Å². The van der Waals surface area contributed by atoms with E-state index < -0.39 is 30.0 Å². The predicted octanol–water partition coefficient (Wildman–Crippen LogP) is 0.178. The van der Waals surface area contributed by atoms with Gasteiger partial charge in [-0.25, -0.2) is 0 Å². The molecule has 1 aromatic carbocycles. The van der Waals surface area contributed by atoms with Gasteiger partial charge in [0, 0.05) is 17.1 Å². The first-order valence-electron chi connectivity index (χ1n) is 3.27. The fourth-order valence-corrected chi connectivity index (χ4v) is 2.65. The monoisotopic (exact) mass is 294 g/mol. The van der Waals surface area contributed by atoms with Crippen LogP contribution in [0.15, 0.2) is 34.1 Å². The van der Waals surface area contributed by atoms with Gasteiger partial charge in [0.05, 0.1) is 0 Å². The molecule has 0 saturated carbocycles. The maximum absolute atomic E-state index is 10.7. The minimum Gasteiger partial charge on any atom is -0.282 e. The summed E-state index contributed by atoms with van der Waals surface area (Å²) in [6.07, 6.45) is 0. The maximum Gasteiger partial charge on any atom is 0.295 e. The van der Waals surface area contributed by atoms with Gasteiger partial charge in [-0.1, -0.05) is 12.1 Å². The van der Waals surface area contributed by atoms with Crippen LogP contribution < -0.4 is 0 Å². The molecule has 0 aromatic heterocycles. The molecular weight excluding hydrogens is 288 g/mol. The Kier molecular flexibility index (Phi) is 4.47. The van der Waals surface area contributed by atoms with Gasteiger partial charge in [-0.3, -0.25) is 9.11 Å². The summed E-state index contributed by atoms with van der Waals surface area (Å²) in [5.74, 6) is 0. The van der Waals surface area contributed by atoms with Crippen molar-refractivity contribution in [1.29, 1.82) is 0 Å². The topological polar surface area (TPSA) is 109 Å². The van der Waals surface area contributed by atoms with Crippen LogP contribution >= 0.6 is 0 Å². The van der Waals surface area contributed by atoms with Crippen molar-refractivity contribution in [2.75, 3.05) is 0 Å². The number of rotatable bonds is 2. The van der Waals surface area contributed by atoms with Crippen molar-refractivity contribution in [3.63, 3.8) is 0 Å². The van der Waals surface area contributed by atoms with Crippen LogP contribution in [0, 0.1) is 0 Å². The Bertz CT molecular complexity index is 496. The third-order valence-electron chi connectivity index (χ3n) is 1.40. The maximum atomic E-state index is 10.7. The van der Waals surface area contributed by atoms with Crippen LogP contribution in [0.5, 0.6) is 0 Å². The van der Waals surface area contributed by atoms with E-state index in [1.807, 2.05) is 0 Å². The third-order valence-corrected chi connectivity index (χ3v) is 3.36. The van der Waals surface area contributed by atoms with Crippen molar-refractivity contribution < 1.29 is 43.0 Å². The summed E-state index contributed by atoms with van der Waals surface area (Å²) in [5.41, 5.74) is 0. The summed E-state index contributed by atoms with van der Waals surface area (Å²) in [4.78, 5) is -1.69. The van der Waals surface area contributed by atoms with E-state index in [4.69, 9.17) is 9.11 Å². The third kappa shape index (κ3) is 3.56. The van der Waals surface area contributed by atoms with Gasteiger partial charge in [0.2, 0.25) is 0 Å². The van der Waals surface area contributed by atoms with Gasteiger partial charge in [-0.15, -0.1) is 0 Å². The Morgan fingerprint density at radius 1 is 0.800 bits per heavy atom. The largest absolute Gasteiger partial charge is 0.295 e. The zero-order valence-electron chi connectivity index (χ0n) is 7.01. The van der Waals surface area contributed by atoms with Crippen LogP contribution in [-0.4, -0.2) is 25.9 Å². The van der Waals surface area contributed by atoms with Crippen LogP contribution in [0.1, 0.15) is 0 Å². The molecule has 1 aromatic rings. The molecule has 0 radical (unpaired) electrons. The van der Waals surface area contributed by atoms with Crippen LogP contribution in [0.3, 0.4) is 0 Å². The standard InChI is InChI=1S/C6H6O6S2.Fe/c7-13(8,9)5-3-1-2-4-6(5)14(10,11)12;/h1-4H,(H,7,8,9)(H,10,11,12);. The molecule has 0 bridgehead atoms. The summed E-state index contributed by atoms with van der Waals surface area (Å²) in [7, 11) is -9.31. The van der Waals surface area contributed by atoms with Crippen molar-refractivity contribution in [2.24, 2.45) is 0 Å². The zero-order chi connectivity index (χ0) is 11.0. The fourth-order valence-electron chi connectivity index (χ4n) is 0.876. The molecule has 0 spiro atoms. The Balaban J connectivity index is 0.00000196. The van der Waals surface area contributed by atoms with Gasteiger partial charge in [0.1, 0.15) is 9.79 Å². The predicted molar refractivity (Wildman–Crippen MR) is 46.1 cm³/mol. The Morgan fingerprint density at radius 2 is 1.07 bits per heavy atom. The molecular formula is C6H6FeO6S2. The summed E-state index contributed by atoms with van der Waals surface area (Å²) in [6, 6.07) is 4.19. The van der Waals surface area contributed by atoms with Gasteiger partial charge in [-0.2, -0.15) is 16.8 Å². The first-order chi connectivity index (χ1) is 6.23. The summed E-state index contributed by atoms with van der Waals surface area (Å²) < 4.78 is 60.0. The second kappa shape index (κ2) is 4.60. The molecule has 6 nitrogen and oxygen atoms in total. The van der Waals surface area contributed by atoms with Gasteiger partial charge >= 0.3 is 0 Å². The molecule has 0 unspecified atom stereocenters. The van der Waals surface area contributed by atoms with Crippen LogP contribution in [0.2, 0.25) is 0 Å². The SMILES string of the molecule is O=S(=O)(O)c1ccccc1S(=O)(=O)O.[Fe]. The molecule has 9 heteroatoms. The minimum absolute atomic E-state index is 0. The summed E-state index contributed by atoms with van der Waals surface area (Å²) in [6.45, 7) is 0. The molecule has 0 saturated heterocycles. The number of hydrogen-bond acceptors (Lipinski definition) is 4. The quantitative estimate of drug-likeness (QED) is 0.595. The van der Waals surface area contributed by atoms with E-state index in [1.54, 1.807) is 0 Å². The number of benzene rings is 1. The van der Waals surface area contributed by atoms with E-state index in [1.165, 1.54) is 12.1 Å². The molecule has 0 heterocycles. The van der Waals surface area contributed by atoms with E-state index in [-0.39, 0.29) is 17.1 Å². The Labute approximate surface area is 97.3 Å². The Morgan fingerprint density at radius 3 is 1.27 bits per heavy atom. The summed E-state index contributed by atoms with van der Waals surface area (Å²) >= 11 is 0.